The Morgan fingerprint density at radius 2 is 1.95 bits per heavy atom. The van der Waals surface area contributed by atoms with Gasteiger partial charge in [0.1, 0.15) is 0 Å². The molecule has 0 heteroatoms. The molecule has 0 heterocycles. The molecule has 2 bridgehead atoms. The summed E-state index contributed by atoms with van der Waals surface area (Å²) in [5, 5.41) is 0. The predicted molar refractivity (Wildman–Crippen MR) is 89.7 cm³/mol. The number of allylic oxidation sites excluding steroid dienone is 6. The second-order valence-corrected chi connectivity index (χ2v) is 7.07. The number of hydrogen-bond acceptors (Lipinski definition) is 0. The minimum absolute atomic E-state index is 0.910. The van der Waals surface area contributed by atoms with Crippen LogP contribution in [0.5, 0.6) is 0 Å². The van der Waals surface area contributed by atoms with Gasteiger partial charge in [-0.3, -0.25) is 0 Å². The Balaban J connectivity index is 1.61. The van der Waals surface area contributed by atoms with Gasteiger partial charge >= 0.3 is 0 Å². The molecular weight excluding hydrogens is 240 g/mol. The monoisotopic (exact) mass is 272 g/mol. The molecule has 0 aromatic carbocycles. The van der Waals surface area contributed by atoms with Crippen LogP contribution in [0.25, 0.3) is 0 Å². The lowest BCUT2D eigenvalue weighted by Gasteiger charge is -2.19. The zero-order chi connectivity index (χ0) is 14.4. The van der Waals surface area contributed by atoms with Crippen molar-refractivity contribution in [2.45, 2.75) is 72.1 Å². The van der Waals surface area contributed by atoms with Crippen LogP contribution in [0.2, 0.25) is 0 Å². The summed E-state index contributed by atoms with van der Waals surface area (Å²) in [5.41, 5.74) is 3.18. The quantitative estimate of drug-likeness (QED) is 0.352. The molecule has 2 aliphatic rings. The van der Waals surface area contributed by atoms with Gasteiger partial charge in [-0.15, -0.1) is 0 Å². The van der Waals surface area contributed by atoms with Gasteiger partial charge in [0.15, 0.2) is 0 Å². The fraction of sp³-hybridized carbons (Fsp3) is 0.700. The van der Waals surface area contributed by atoms with Crippen LogP contribution in [0.1, 0.15) is 72.1 Å². The highest BCUT2D eigenvalue weighted by molar-refractivity contribution is 5.13. The van der Waals surface area contributed by atoms with Crippen LogP contribution in [0, 0.1) is 17.8 Å². The minimum atomic E-state index is 0.910. The van der Waals surface area contributed by atoms with Crippen LogP contribution >= 0.6 is 0 Å². The van der Waals surface area contributed by atoms with Gasteiger partial charge in [0.05, 0.1) is 0 Å². The third kappa shape index (κ3) is 4.65. The van der Waals surface area contributed by atoms with E-state index >= 15 is 0 Å². The largest absolute Gasteiger partial charge is 0.0884 e. The van der Waals surface area contributed by atoms with Crippen molar-refractivity contribution in [1.82, 2.24) is 0 Å². The van der Waals surface area contributed by atoms with Gasteiger partial charge in [-0.2, -0.15) is 0 Å². The van der Waals surface area contributed by atoms with Crippen molar-refractivity contribution in [1.29, 1.82) is 0 Å². The summed E-state index contributed by atoms with van der Waals surface area (Å²) in [5.74, 6) is 2.79. The van der Waals surface area contributed by atoms with Crippen LogP contribution in [0.4, 0.5) is 0 Å². The number of hydrogen-bond donors (Lipinski definition) is 0. The zero-order valence-corrected chi connectivity index (χ0v) is 13.7. The fourth-order valence-electron chi connectivity index (χ4n) is 3.89. The van der Waals surface area contributed by atoms with Crippen molar-refractivity contribution >= 4 is 0 Å². The first-order chi connectivity index (χ1) is 9.69. The Morgan fingerprint density at radius 3 is 2.55 bits per heavy atom. The topological polar surface area (TPSA) is 0 Å². The summed E-state index contributed by atoms with van der Waals surface area (Å²) in [6.07, 6.45) is 20.7. The standard InChI is InChI=1S/C20H32/c1-4-17(10-8-6-5-7-9-16(2)3)13-20-15-18-11-12-19(20)14-18/h4,9,11-12,18-20H,5-8,10,13-15H2,1-3H3/b17-4+. The third-order valence-corrected chi connectivity index (χ3v) is 5.10. The van der Waals surface area contributed by atoms with E-state index in [4.69, 9.17) is 0 Å². The van der Waals surface area contributed by atoms with Gasteiger partial charge in [0.25, 0.3) is 0 Å². The van der Waals surface area contributed by atoms with Gasteiger partial charge in [0, 0.05) is 0 Å². The Labute approximate surface area is 126 Å². The van der Waals surface area contributed by atoms with Crippen molar-refractivity contribution < 1.29 is 0 Å². The van der Waals surface area contributed by atoms with E-state index in [1.54, 1.807) is 5.57 Å². The minimum Gasteiger partial charge on any atom is -0.0884 e. The van der Waals surface area contributed by atoms with Crippen molar-refractivity contribution in [3.05, 3.63) is 35.5 Å². The Kier molecular flexibility index (Phi) is 6.13. The van der Waals surface area contributed by atoms with Crippen LogP contribution in [-0.4, -0.2) is 0 Å². The summed E-state index contributed by atoms with van der Waals surface area (Å²) in [4.78, 5) is 0. The molecular formula is C20H32. The van der Waals surface area contributed by atoms with Crippen LogP contribution < -0.4 is 0 Å². The maximum Gasteiger partial charge on any atom is -0.0196 e. The summed E-state index contributed by atoms with van der Waals surface area (Å²) in [6, 6.07) is 0. The molecule has 2 aliphatic carbocycles. The Hall–Kier alpha value is -0.780. The number of unbranched alkanes of at least 4 members (excludes halogenated alkanes) is 3. The second-order valence-electron chi connectivity index (χ2n) is 7.07. The molecule has 3 atom stereocenters. The van der Waals surface area contributed by atoms with E-state index in [9.17, 15) is 0 Å². The molecule has 3 unspecified atom stereocenters. The smallest absolute Gasteiger partial charge is 0.0196 e. The Bertz CT molecular complexity index is 379. The van der Waals surface area contributed by atoms with Gasteiger partial charge in [-0.25, -0.2) is 0 Å². The first kappa shape index (κ1) is 15.6. The predicted octanol–water partition coefficient (Wildman–Crippen LogP) is 6.45. The van der Waals surface area contributed by atoms with Crippen LogP contribution in [0.15, 0.2) is 35.5 Å². The van der Waals surface area contributed by atoms with E-state index in [1.165, 1.54) is 56.9 Å². The molecule has 0 nitrogen and oxygen atoms in total. The van der Waals surface area contributed by atoms with E-state index < -0.39 is 0 Å². The Morgan fingerprint density at radius 1 is 1.10 bits per heavy atom. The highest BCUT2D eigenvalue weighted by atomic mass is 14.4. The molecule has 0 N–H and O–H groups in total. The lowest BCUT2D eigenvalue weighted by atomic mass is 9.86. The van der Waals surface area contributed by atoms with Gasteiger partial charge < -0.3 is 0 Å². The lowest BCUT2D eigenvalue weighted by molar-refractivity contribution is 0.436. The van der Waals surface area contributed by atoms with Crippen LogP contribution in [-0.2, 0) is 0 Å². The molecule has 1 fully saturated rings. The van der Waals surface area contributed by atoms with E-state index in [0.29, 0.717) is 0 Å². The molecule has 112 valence electrons. The van der Waals surface area contributed by atoms with Gasteiger partial charge in [-0.1, -0.05) is 41.9 Å². The molecule has 0 aromatic rings. The lowest BCUT2D eigenvalue weighted by Crippen LogP contribution is -2.08. The van der Waals surface area contributed by atoms with E-state index in [0.717, 1.165) is 17.8 Å². The average molecular weight is 272 g/mol. The highest BCUT2D eigenvalue weighted by Gasteiger charge is 2.35. The van der Waals surface area contributed by atoms with E-state index in [1.807, 2.05) is 0 Å². The molecule has 2 rings (SSSR count). The normalized spacial score (nSPS) is 28.1. The second kappa shape index (κ2) is 7.86. The molecule has 0 saturated heterocycles. The van der Waals surface area contributed by atoms with Crippen LogP contribution in [0.3, 0.4) is 0 Å². The first-order valence-corrected chi connectivity index (χ1v) is 8.64. The van der Waals surface area contributed by atoms with Crippen molar-refractivity contribution in [3.8, 4) is 0 Å². The van der Waals surface area contributed by atoms with Crippen molar-refractivity contribution in [3.63, 3.8) is 0 Å². The fourth-order valence-corrected chi connectivity index (χ4v) is 3.89. The molecule has 20 heavy (non-hydrogen) atoms. The number of fused-ring (bicyclic) bond motifs is 2. The number of rotatable bonds is 8. The summed E-state index contributed by atoms with van der Waals surface area (Å²) in [7, 11) is 0. The highest BCUT2D eigenvalue weighted by Crippen LogP contribution is 2.46. The first-order valence-electron chi connectivity index (χ1n) is 8.64. The van der Waals surface area contributed by atoms with Gasteiger partial charge in [-0.05, 0) is 83.5 Å². The summed E-state index contributed by atoms with van der Waals surface area (Å²) >= 11 is 0. The maximum atomic E-state index is 2.49. The molecule has 0 spiro atoms. The van der Waals surface area contributed by atoms with E-state index in [-0.39, 0.29) is 0 Å². The molecule has 0 aliphatic heterocycles. The maximum absolute atomic E-state index is 2.49. The van der Waals surface area contributed by atoms with E-state index in [2.05, 4.69) is 45.1 Å². The third-order valence-electron chi connectivity index (χ3n) is 5.10. The molecule has 0 aromatic heterocycles. The molecule has 0 amide bonds. The summed E-state index contributed by atoms with van der Waals surface area (Å²) < 4.78 is 0. The zero-order valence-electron chi connectivity index (χ0n) is 13.7. The van der Waals surface area contributed by atoms with Gasteiger partial charge in [0.2, 0.25) is 0 Å². The SMILES string of the molecule is C/C=C(\CCCCCC=C(C)C)CC1CC2C=CC1C2. The van der Waals surface area contributed by atoms with Crippen molar-refractivity contribution in [2.24, 2.45) is 17.8 Å². The summed E-state index contributed by atoms with van der Waals surface area (Å²) in [6.45, 7) is 6.63. The average Bonchev–Trinajstić information content (AvgIpc) is 3.03. The van der Waals surface area contributed by atoms with Crippen molar-refractivity contribution in [2.75, 3.05) is 0 Å². The molecule has 1 saturated carbocycles. The molecule has 0 radical (unpaired) electrons.